The first-order valence-corrected chi connectivity index (χ1v) is 5.79. The fraction of sp³-hybridized carbons (Fsp3) is 0.0769. The summed E-state index contributed by atoms with van der Waals surface area (Å²) in [6.45, 7) is 0. The molecule has 0 aliphatic carbocycles. The van der Waals surface area contributed by atoms with Crippen molar-refractivity contribution in [2.75, 3.05) is 0 Å². The van der Waals surface area contributed by atoms with E-state index in [4.69, 9.17) is 16.0 Å². The molecule has 6 heteroatoms. The number of carboxylic acids is 1. The van der Waals surface area contributed by atoms with Crippen LogP contribution in [0.15, 0.2) is 47.1 Å². The molecule has 0 aliphatic rings. The number of rotatable bonds is 4. The first-order valence-electron chi connectivity index (χ1n) is 5.41. The van der Waals surface area contributed by atoms with Gasteiger partial charge in [-0.3, -0.25) is 4.79 Å². The van der Waals surface area contributed by atoms with E-state index >= 15 is 0 Å². The summed E-state index contributed by atoms with van der Waals surface area (Å²) in [5.74, 6) is -1.76. The number of nitrogens with one attached hydrogen (secondary N) is 1. The van der Waals surface area contributed by atoms with Gasteiger partial charge in [-0.2, -0.15) is 0 Å². The molecule has 0 spiro atoms. The summed E-state index contributed by atoms with van der Waals surface area (Å²) >= 11 is 5.67. The Morgan fingerprint density at radius 1 is 1.21 bits per heavy atom. The van der Waals surface area contributed by atoms with Crippen LogP contribution in [0.25, 0.3) is 0 Å². The van der Waals surface area contributed by atoms with Crippen LogP contribution < -0.4 is 5.32 Å². The molecular weight excluding hydrogens is 270 g/mol. The van der Waals surface area contributed by atoms with Crippen LogP contribution in [0, 0.1) is 0 Å². The van der Waals surface area contributed by atoms with Gasteiger partial charge in [0.2, 0.25) is 5.22 Å². The van der Waals surface area contributed by atoms with E-state index in [1.807, 2.05) is 0 Å². The molecule has 2 rings (SSSR count). The SMILES string of the molecule is O=C(N[C@@H](C(=O)O)c1ccccc1)c1ccoc1Cl. The molecule has 0 unspecified atom stereocenters. The number of carbonyl (C=O) groups excluding carboxylic acids is 1. The lowest BCUT2D eigenvalue weighted by molar-refractivity contribution is -0.139. The van der Waals surface area contributed by atoms with E-state index in [9.17, 15) is 14.7 Å². The Morgan fingerprint density at radius 2 is 1.89 bits per heavy atom. The molecule has 1 heterocycles. The Kier molecular flexibility index (Phi) is 3.87. The molecule has 5 nitrogen and oxygen atoms in total. The van der Waals surface area contributed by atoms with Gasteiger partial charge < -0.3 is 14.8 Å². The van der Waals surface area contributed by atoms with E-state index in [-0.39, 0.29) is 10.8 Å². The number of furan rings is 1. The molecule has 0 aliphatic heterocycles. The Morgan fingerprint density at radius 3 is 2.42 bits per heavy atom. The molecule has 0 saturated carbocycles. The highest BCUT2D eigenvalue weighted by Gasteiger charge is 2.24. The van der Waals surface area contributed by atoms with E-state index in [1.54, 1.807) is 30.3 Å². The molecule has 0 saturated heterocycles. The average molecular weight is 280 g/mol. The molecule has 1 atom stereocenters. The van der Waals surface area contributed by atoms with Crippen molar-refractivity contribution < 1.29 is 19.1 Å². The lowest BCUT2D eigenvalue weighted by Crippen LogP contribution is -2.33. The molecule has 2 N–H and O–H groups in total. The monoisotopic (exact) mass is 279 g/mol. The summed E-state index contributed by atoms with van der Waals surface area (Å²) < 4.78 is 4.79. The van der Waals surface area contributed by atoms with Crippen molar-refractivity contribution in [3.63, 3.8) is 0 Å². The second-order valence-electron chi connectivity index (χ2n) is 3.76. The second kappa shape index (κ2) is 5.58. The third-order valence-corrected chi connectivity index (χ3v) is 2.81. The van der Waals surface area contributed by atoms with Crippen LogP contribution >= 0.6 is 11.6 Å². The van der Waals surface area contributed by atoms with Crippen molar-refractivity contribution >= 4 is 23.5 Å². The van der Waals surface area contributed by atoms with Crippen molar-refractivity contribution in [2.24, 2.45) is 0 Å². The zero-order chi connectivity index (χ0) is 13.8. The van der Waals surface area contributed by atoms with Gasteiger partial charge in [0.1, 0.15) is 0 Å². The lowest BCUT2D eigenvalue weighted by atomic mass is 10.1. The predicted molar refractivity (Wildman–Crippen MR) is 68.0 cm³/mol. The molecule has 98 valence electrons. The number of carbonyl (C=O) groups is 2. The molecule has 1 aromatic heterocycles. The molecule has 1 amide bonds. The van der Waals surface area contributed by atoms with E-state index < -0.39 is 17.9 Å². The maximum Gasteiger partial charge on any atom is 0.330 e. The first kappa shape index (κ1) is 13.2. The molecule has 0 fully saturated rings. The summed E-state index contributed by atoms with van der Waals surface area (Å²) in [5, 5.41) is 11.5. The van der Waals surface area contributed by atoms with E-state index in [1.165, 1.54) is 12.3 Å². The van der Waals surface area contributed by atoms with Crippen LogP contribution in [-0.4, -0.2) is 17.0 Å². The maximum atomic E-state index is 11.9. The topological polar surface area (TPSA) is 79.5 Å². The summed E-state index contributed by atoms with van der Waals surface area (Å²) in [5.41, 5.74) is 0.576. The lowest BCUT2D eigenvalue weighted by Gasteiger charge is -2.14. The number of amides is 1. The molecular formula is C13H10ClNO4. The minimum Gasteiger partial charge on any atom is -0.479 e. The molecule has 2 aromatic rings. The van der Waals surface area contributed by atoms with Gasteiger partial charge in [0.15, 0.2) is 6.04 Å². The van der Waals surface area contributed by atoms with Crippen LogP contribution in [0.4, 0.5) is 0 Å². The van der Waals surface area contributed by atoms with Crippen molar-refractivity contribution in [1.29, 1.82) is 0 Å². The van der Waals surface area contributed by atoms with Crippen LogP contribution in [-0.2, 0) is 4.79 Å². The Labute approximate surface area is 113 Å². The Bertz CT molecular complexity index is 594. The zero-order valence-electron chi connectivity index (χ0n) is 9.67. The van der Waals surface area contributed by atoms with Crippen molar-refractivity contribution in [3.05, 3.63) is 59.0 Å². The van der Waals surface area contributed by atoms with Crippen molar-refractivity contribution in [2.45, 2.75) is 6.04 Å². The number of benzene rings is 1. The van der Waals surface area contributed by atoms with Gasteiger partial charge in [0, 0.05) is 0 Å². The van der Waals surface area contributed by atoms with Gasteiger partial charge in [-0.05, 0) is 23.2 Å². The zero-order valence-corrected chi connectivity index (χ0v) is 10.4. The van der Waals surface area contributed by atoms with Gasteiger partial charge in [-0.15, -0.1) is 0 Å². The van der Waals surface area contributed by atoms with Crippen molar-refractivity contribution in [3.8, 4) is 0 Å². The third kappa shape index (κ3) is 2.95. The van der Waals surface area contributed by atoms with Gasteiger partial charge in [0.25, 0.3) is 5.91 Å². The minimum atomic E-state index is -1.15. The van der Waals surface area contributed by atoms with Gasteiger partial charge in [0.05, 0.1) is 11.8 Å². The largest absolute Gasteiger partial charge is 0.479 e. The fourth-order valence-corrected chi connectivity index (χ4v) is 1.80. The highest BCUT2D eigenvalue weighted by atomic mass is 35.5. The third-order valence-electron chi connectivity index (χ3n) is 2.52. The molecule has 0 radical (unpaired) electrons. The number of halogens is 1. The van der Waals surface area contributed by atoms with Crippen molar-refractivity contribution in [1.82, 2.24) is 5.32 Å². The molecule has 19 heavy (non-hydrogen) atoms. The molecule has 1 aromatic carbocycles. The summed E-state index contributed by atoms with van der Waals surface area (Å²) in [7, 11) is 0. The number of aliphatic carboxylic acids is 1. The van der Waals surface area contributed by atoms with Gasteiger partial charge in [-0.25, -0.2) is 4.79 Å². The molecule has 0 bridgehead atoms. The van der Waals surface area contributed by atoms with E-state index in [0.717, 1.165) is 0 Å². The summed E-state index contributed by atoms with van der Waals surface area (Å²) in [6.07, 6.45) is 1.26. The quantitative estimate of drug-likeness (QED) is 0.901. The smallest absolute Gasteiger partial charge is 0.330 e. The fourth-order valence-electron chi connectivity index (χ4n) is 1.60. The Balaban J connectivity index is 2.21. The van der Waals surface area contributed by atoms with E-state index in [0.29, 0.717) is 5.56 Å². The van der Waals surface area contributed by atoms with Crippen LogP contribution in [0.5, 0.6) is 0 Å². The maximum absolute atomic E-state index is 11.9. The van der Waals surface area contributed by atoms with E-state index in [2.05, 4.69) is 5.32 Å². The highest BCUT2D eigenvalue weighted by molar-refractivity contribution is 6.32. The predicted octanol–water partition coefficient (Wildman–Crippen LogP) is 2.49. The van der Waals surface area contributed by atoms with Crippen LogP contribution in [0.3, 0.4) is 0 Å². The first-order chi connectivity index (χ1) is 9.09. The summed E-state index contributed by atoms with van der Waals surface area (Å²) in [4.78, 5) is 23.1. The van der Waals surface area contributed by atoms with Gasteiger partial charge >= 0.3 is 5.97 Å². The van der Waals surface area contributed by atoms with Crippen LogP contribution in [0.2, 0.25) is 5.22 Å². The number of hydrogen-bond acceptors (Lipinski definition) is 3. The Hall–Kier alpha value is -2.27. The number of hydrogen-bond donors (Lipinski definition) is 2. The number of carboxylic acid groups (broad SMARTS) is 1. The summed E-state index contributed by atoms with van der Waals surface area (Å²) in [6, 6.07) is 8.63. The second-order valence-corrected chi connectivity index (χ2v) is 4.11. The van der Waals surface area contributed by atoms with Crippen LogP contribution in [0.1, 0.15) is 22.0 Å². The standard InChI is InChI=1S/C13H10ClNO4/c14-11-9(6-7-19-11)12(16)15-10(13(17)18)8-4-2-1-3-5-8/h1-7,10H,(H,15,16)(H,17,18)/t10-/m1/s1. The minimum absolute atomic E-state index is 0.0744. The normalized spacial score (nSPS) is 11.8. The van der Waals surface area contributed by atoms with Gasteiger partial charge in [-0.1, -0.05) is 30.3 Å². The average Bonchev–Trinajstić information content (AvgIpc) is 2.82. The highest BCUT2D eigenvalue weighted by Crippen LogP contribution is 2.19.